The number of likely N-dealkylation sites (N-methyl/N-ethyl adjacent to an activating group) is 2. The van der Waals surface area contributed by atoms with Gasteiger partial charge in [0.2, 0.25) is 35.4 Å². The highest BCUT2D eigenvalue weighted by Gasteiger charge is 2.47. The Bertz CT molecular complexity index is 2750. The van der Waals surface area contributed by atoms with Crippen molar-refractivity contribution in [2.45, 2.75) is 155 Å². The van der Waals surface area contributed by atoms with Gasteiger partial charge in [-0.25, -0.2) is 0 Å². The maximum atomic E-state index is 15.3. The average Bonchev–Trinajstić information content (AvgIpc) is 3.85. The van der Waals surface area contributed by atoms with E-state index in [1.807, 2.05) is 126 Å². The minimum atomic E-state index is -0.963. The van der Waals surface area contributed by atoms with Crippen molar-refractivity contribution in [2.75, 3.05) is 27.2 Å². The summed E-state index contributed by atoms with van der Waals surface area (Å²) in [6, 6.07) is 27.2. The lowest BCUT2D eigenvalue weighted by atomic mass is 9.84. The summed E-state index contributed by atoms with van der Waals surface area (Å²) in [6.45, 7) is 15.5. The van der Waals surface area contributed by atoms with Gasteiger partial charge in [0, 0.05) is 44.2 Å². The molecule has 7 amide bonds. The number of aryl methyl sites for hydroxylation is 1. The van der Waals surface area contributed by atoms with Crippen LogP contribution in [-0.2, 0) is 61.1 Å². The predicted molar refractivity (Wildman–Crippen MR) is 298 cm³/mol. The van der Waals surface area contributed by atoms with Gasteiger partial charge in [-0.2, -0.15) is 0 Å². The number of fused-ring (bicyclic) bond motifs is 2. The maximum absolute atomic E-state index is 15.3. The molecule has 7 rings (SSSR count). The number of hydrogen-bond donors (Lipinski definition) is 6. The van der Waals surface area contributed by atoms with Crippen LogP contribution in [0.4, 0.5) is 0 Å². The van der Waals surface area contributed by atoms with Crippen LogP contribution in [0.25, 0.3) is 0 Å². The van der Waals surface area contributed by atoms with Gasteiger partial charge in [0.05, 0.1) is 18.1 Å². The van der Waals surface area contributed by atoms with Gasteiger partial charge in [0.1, 0.15) is 24.2 Å². The Hall–Kier alpha value is -6.91. The van der Waals surface area contributed by atoms with Crippen LogP contribution in [0.3, 0.4) is 0 Å². The van der Waals surface area contributed by atoms with Crippen LogP contribution in [0.5, 0.6) is 0 Å². The average molecular weight is 1050 g/mol. The molecule has 16 nitrogen and oxygen atoms in total. The molecule has 0 aromatic heterocycles. The second-order valence-electron chi connectivity index (χ2n) is 23.3. The Kier molecular flexibility index (Phi) is 18.8. The molecule has 77 heavy (non-hydrogen) atoms. The van der Waals surface area contributed by atoms with Crippen LogP contribution in [0, 0.1) is 10.8 Å². The van der Waals surface area contributed by atoms with E-state index in [0.717, 1.165) is 47.1 Å². The molecule has 16 heteroatoms. The lowest BCUT2D eigenvalue weighted by molar-refractivity contribution is -0.151. The van der Waals surface area contributed by atoms with Crippen molar-refractivity contribution < 1.29 is 33.6 Å². The summed E-state index contributed by atoms with van der Waals surface area (Å²) in [5.41, 5.74) is 4.92. The van der Waals surface area contributed by atoms with Crippen molar-refractivity contribution in [1.29, 1.82) is 0 Å². The molecule has 4 aromatic rings. The van der Waals surface area contributed by atoms with E-state index in [1.54, 1.807) is 49.9 Å². The van der Waals surface area contributed by atoms with Crippen LogP contribution >= 0.6 is 0 Å². The molecule has 2 heterocycles. The first-order valence-corrected chi connectivity index (χ1v) is 27.3. The lowest BCUT2D eigenvalue weighted by Gasteiger charge is -2.42. The SMILES string of the molecule is CNC(C)C(=O)NC(C(=O)N1CC(NC(=O)c2ccc(CN(CCc3ccccc3)C(=O)C3Cc4ccccc4CN3C(=O)C(NC(=O)C(C)NC)C(C)(C)C)cc2)CC1C(=O)NC1CCCc2ccccc21)C(C)(C)C. The summed E-state index contributed by atoms with van der Waals surface area (Å²) >= 11 is 0. The number of likely N-dealkylation sites (tertiary alicyclic amines) is 1. The first kappa shape index (κ1) is 57.8. The number of carbonyl (C=O) groups excluding carboxylic acids is 7. The fraction of sp³-hybridized carbons (Fsp3) is 0.492. The fourth-order valence-electron chi connectivity index (χ4n) is 10.6. The molecule has 6 N–H and O–H groups in total. The zero-order valence-electron chi connectivity index (χ0n) is 46.7. The monoisotopic (exact) mass is 1050 g/mol. The molecule has 412 valence electrons. The minimum Gasteiger partial charge on any atom is -0.347 e. The summed E-state index contributed by atoms with van der Waals surface area (Å²) in [4.78, 5) is 105. The Morgan fingerprint density at radius 1 is 0.636 bits per heavy atom. The van der Waals surface area contributed by atoms with Gasteiger partial charge in [0.25, 0.3) is 5.91 Å². The molecular formula is C61H81N9O7. The molecule has 1 saturated heterocycles. The molecule has 0 saturated carbocycles. The summed E-state index contributed by atoms with van der Waals surface area (Å²) in [7, 11) is 3.36. The number of benzene rings is 4. The van der Waals surface area contributed by atoms with E-state index >= 15 is 4.79 Å². The molecule has 8 unspecified atom stereocenters. The number of rotatable bonds is 18. The summed E-state index contributed by atoms with van der Waals surface area (Å²) < 4.78 is 0. The molecular weight excluding hydrogens is 971 g/mol. The van der Waals surface area contributed by atoms with E-state index in [2.05, 4.69) is 38.0 Å². The van der Waals surface area contributed by atoms with Gasteiger partial charge in [-0.3, -0.25) is 33.6 Å². The second-order valence-corrected chi connectivity index (χ2v) is 23.3. The number of nitrogens with zero attached hydrogens (tertiary/aromatic N) is 3. The molecule has 1 aliphatic carbocycles. The van der Waals surface area contributed by atoms with E-state index in [0.29, 0.717) is 24.9 Å². The highest BCUT2D eigenvalue weighted by molar-refractivity contribution is 5.97. The zero-order valence-corrected chi connectivity index (χ0v) is 46.7. The zero-order chi connectivity index (χ0) is 55.8. The van der Waals surface area contributed by atoms with Gasteiger partial charge in [0.15, 0.2) is 0 Å². The summed E-state index contributed by atoms with van der Waals surface area (Å²) in [5, 5.41) is 18.2. The second kappa shape index (κ2) is 25.0. The van der Waals surface area contributed by atoms with Crippen molar-refractivity contribution in [3.05, 3.63) is 142 Å². The number of nitrogens with one attached hydrogen (secondary N) is 6. The van der Waals surface area contributed by atoms with Crippen LogP contribution in [-0.4, -0.2) is 126 Å². The molecule has 1 fully saturated rings. The third kappa shape index (κ3) is 14.2. The molecule has 3 aliphatic rings. The van der Waals surface area contributed by atoms with Crippen molar-refractivity contribution >= 4 is 41.4 Å². The minimum absolute atomic E-state index is 0.0492. The summed E-state index contributed by atoms with van der Waals surface area (Å²) in [5.74, 6) is -2.35. The van der Waals surface area contributed by atoms with E-state index < -0.39 is 64.9 Å². The molecule has 2 aliphatic heterocycles. The van der Waals surface area contributed by atoms with Crippen molar-refractivity contribution in [1.82, 2.24) is 46.6 Å². The first-order chi connectivity index (χ1) is 36.6. The van der Waals surface area contributed by atoms with E-state index in [4.69, 9.17) is 0 Å². The lowest BCUT2D eigenvalue weighted by Crippen LogP contribution is -2.62. The molecule has 8 atom stereocenters. The Morgan fingerprint density at radius 2 is 1.19 bits per heavy atom. The van der Waals surface area contributed by atoms with Crippen LogP contribution < -0.4 is 31.9 Å². The Labute approximate surface area is 455 Å². The predicted octanol–water partition coefficient (Wildman–Crippen LogP) is 5.38. The number of amides is 7. The highest BCUT2D eigenvalue weighted by Crippen LogP contribution is 2.33. The fourth-order valence-corrected chi connectivity index (χ4v) is 10.6. The van der Waals surface area contributed by atoms with Crippen LogP contribution in [0.1, 0.15) is 124 Å². The van der Waals surface area contributed by atoms with Gasteiger partial charge < -0.3 is 46.6 Å². The third-order valence-corrected chi connectivity index (χ3v) is 15.6. The summed E-state index contributed by atoms with van der Waals surface area (Å²) in [6.07, 6.45) is 3.59. The topological polar surface area (TPSA) is 201 Å². The van der Waals surface area contributed by atoms with Gasteiger partial charge in [-0.05, 0) is 116 Å². The Morgan fingerprint density at radius 3 is 1.79 bits per heavy atom. The quantitative estimate of drug-likeness (QED) is 0.0757. The van der Waals surface area contributed by atoms with Crippen LogP contribution in [0.2, 0.25) is 0 Å². The van der Waals surface area contributed by atoms with Crippen molar-refractivity contribution in [3.63, 3.8) is 0 Å². The normalized spacial score (nSPS) is 19.8. The molecule has 0 spiro atoms. The first-order valence-electron chi connectivity index (χ1n) is 27.3. The third-order valence-electron chi connectivity index (χ3n) is 15.6. The van der Waals surface area contributed by atoms with E-state index in [1.165, 1.54) is 10.5 Å². The van der Waals surface area contributed by atoms with E-state index in [-0.39, 0.29) is 61.6 Å². The smallest absolute Gasteiger partial charge is 0.251 e. The molecule has 0 radical (unpaired) electrons. The van der Waals surface area contributed by atoms with Gasteiger partial charge in [-0.1, -0.05) is 133 Å². The highest BCUT2D eigenvalue weighted by atomic mass is 16.2. The van der Waals surface area contributed by atoms with Gasteiger partial charge >= 0.3 is 0 Å². The molecule has 4 aromatic carbocycles. The van der Waals surface area contributed by atoms with E-state index in [9.17, 15) is 28.8 Å². The van der Waals surface area contributed by atoms with Crippen molar-refractivity contribution in [3.8, 4) is 0 Å². The molecule has 0 bridgehead atoms. The standard InChI is InChI=1S/C61H81N9O7/c1-38(62-9)53(71)66-51(60(3,4)5)58(76)69-36-45-23-15-14-22-44(45)33-50(69)57(75)68(32-31-40-19-12-11-13-20-40)35-41-27-29-43(30-28-41)55(73)64-46-34-49(56(74)65-48-26-18-24-42-21-16-17-25-47(42)48)70(37-46)59(77)52(61(6,7)8)67-54(72)39(2)63-10/h11-17,19-23,25,27-30,38-39,46,48-52,62-63H,18,24,26,31-37H2,1-10H3,(H,64,73)(H,65,74)(H,66,71)(H,67,72). The largest absolute Gasteiger partial charge is 0.347 e. The van der Waals surface area contributed by atoms with Crippen molar-refractivity contribution in [2.24, 2.45) is 10.8 Å². The van der Waals surface area contributed by atoms with Crippen LogP contribution in [0.15, 0.2) is 103 Å². The van der Waals surface area contributed by atoms with Gasteiger partial charge in [-0.15, -0.1) is 0 Å². The Balaban J connectivity index is 1.12. The number of hydrogen-bond acceptors (Lipinski definition) is 9. The number of carbonyl (C=O) groups is 7. The maximum Gasteiger partial charge on any atom is 0.251 e.